The van der Waals surface area contributed by atoms with Gasteiger partial charge < -0.3 is 0 Å². The summed E-state index contributed by atoms with van der Waals surface area (Å²) in [5.74, 6) is -0.579. The number of sulfonamides is 1. The van der Waals surface area contributed by atoms with Crippen molar-refractivity contribution in [2.24, 2.45) is 5.92 Å². The van der Waals surface area contributed by atoms with E-state index in [2.05, 4.69) is 20.7 Å². The Labute approximate surface area is 103 Å². The van der Waals surface area contributed by atoms with E-state index >= 15 is 0 Å². The lowest BCUT2D eigenvalue weighted by Crippen LogP contribution is -2.28. The minimum absolute atomic E-state index is 0.171. The fraction of sp³-hybridized carbons (Fsp3) is 0.400. The first-order valence-corrected chi connectivity index (χ1v) is 7.05. The van der Waals surface area contributed by atoms with Gasteiger partial charge in [0.05, 0.1) is 0 Å². The zero-order chi connectivity index (χ0) is 12.3. The molecule has 0 spiro atoms. The molecule has 0 amide bonds. The van der Waals surface area contributed by atoms with Crippen LogP contribution in [0.25, 0.3) is 0 Å². The molecule has 3 nitrogen and oxygen atoms in total. The van der Waals surface area contributed by atoms with Crippen LogP contribution < -0.4 is 4.72 Å². The van der Waals surface area contributed by atoms with Gasteiger partial charge in [-0.15, -0.1) is 0 Å². The van der Waals surface area contributed by atoms with Gasteiger partial charge in [-0.2, -0.15) is 0 Å². The van der Waals surface area contributed by atoms with Crippen LogP contribution in [0.15, 0.2) is 27.6 Å². The molecule has 0 aliphatic rings. The predicted octanol–water partition coefficient (Wildman–Crippen LogP) is 2.52. The second-order valence-electron chi connectivity index (χ2n) is 3.82. The van der Waals surface area contributed by atoms with Crippen molar-refractivity contribution in [3.05, 3.63) is 28.5 Å². The molecular weight excluding hydrogens is 297 g/mol. The van der Waals surface area contributed by atoms with E-state index in [1.54, 1.807) is 0 Å². The van der Waals surface area contributed by atoms with E-state index in [-0.39, 0.29) is 17.4 Å². The van der Waals surface area contributed by atoms with Crippen molar-refractivity contribution in [3.8, 4) is 0 Å². The van der Waals surface area contributed by atoms with Crippen molar-refractivity contribution in [2.75, 3.05) is 6.54 Å². The fourth-order valence-corrected chi connectivity index (χ4v) is 2.87. The van der Waals surface area contributed by atoms with Crippen molar-refractivity contribution in [1.82, 2.24) is 4.72 Å². The number of rotatable bonds is 4. The highest BCUT2D eigenvalue weighted by molar-refractivity contribution is 9.10. The highest BCUT2D eigenvalue weighted by Gasteiger charge is 2.19. The van der Waals surface area contributed by atoms with Crippen LogP contribution in [-0.4, -0.2) is 15.0 Å². The lowest BCUT2D eigenvalue weighted by atomic mass is 10.2. The second kappa shape index (κ2) is 5.25. The number of halogens is 2. The number of hydrogen-bond donors (Lipinski definition) is 1. The molecule has 1 aromatic carbocycles. The number of nitrogens with one attached hydrogen (secondary N) is 1. The van der Waals surface area contributed by atoms with Crippen molar-refractivity contribution < 1.29 is 12.8 Å². The molecule has 0 radical (unpaired) electrons. The molecule has 90 valence electrons. The zero-order valence-electron chi connectivity index (χ0n) is 9.00. The molecule has 0 aliphatic heterocycles. The molecule has 16 heavy (non-hydrogen) atoms. The first-order valence-electron chi connectivity index (χ1n) is 4.77. The summed E-state index contributed by atoms with van der Waals surface area (Å²) in [7, 11) is -3.76. The van der Waals surface area contributed by atoms with E-state index in [4.69, 9.17) is 0 Å². The molecule has 0 bridgehead atoms. The Bertz CT molecular complexity index is 474. The van der Waals surface area contributed by atoms with Gasteiger partial charge in [0.25, 0.3) is 0 Å². The lowest BCUT2D eigenvalue weighted by molar-refractivity contribution is 0.543. The van der Waals surface area contributed by atoms with Crippen LogP contribution >= 0.6 is 15.9 Å². The molecule has 0 aromatic heterocycles. The van der Waals surface area contributed by atoms with Gasteiger partial charge in [-0.3, -0.25) is 0 Å². The summed E-state index contributed by atoms with van der Waals surface area (Å²) < 4.78 is 39.7. The second-order valence-corrected chi connectivity index (χ2v) is 6.47. The van der Waals surface area contributed by atoms with Gasteiger partial charge in [0.1, 0.15) is 10.7 Å². The van der Waals surface area contributed by atoms with Crippen molar-refractivity contribution in [2.45, 2.75) is 18.7 Å². The third-order valence-electron chi connectivity index (χ3n) is 1.86. The monoisotopic (exact) mass is 309 g/mol. The van der Waals surface area contributed by atoms with E-state index in [0.717, 1.165) is 6.07 Å². The van der Waals surface area contributed by atoms with E-state index in [1.165, 1.54) is 12.1 Å². The van der Waals surface area contributed by atoms with Gasteiger partial charge in [0.15, 0.2) is 0 Å². The molecule has 1 rings (SSSR count). The molecule has 1 N–H and O–H groups in total. The van der Waals surface area contributed by atoms with Crippen LogP contribution in [0.3, 0.4) is 0 Å². The molecule has 0 saturated heterocycles. The number of benzene rings is 1. The molecule has 0 unspecified atom stereocenters. The van der Waals surface area contributed by atoms with Crippen molar-refractivity contribution in [3.63, 3.8) is 0 Å². The SMILES string of the molecule is CC(C)CNS(=O)(=O)c1cc(Br)ccc1F. The molecule has 6 heteroatoms. The smallest absolute Gasteiger partial charge is 0.211 e. The standard InChI is InChI=1S/C10H13BrFNO2S/c1-7(2)6-13-16(14,15)10-5-8(11)3-4-9(10)12/h3-5,7,13H,6H2,1-2H3. The number of hydrogen-bond acceptors (Lipinski definition) is 2. The van der Waals surface area contributed by atoms with E-state index in [0.29, 0.717) is 4.47 Å². The lowest BCUT2D eigenvalue weighted by Gasteiger charge is -2.09. The maximum absolute atomic E-state index is 13.3. The Kier molecular flexibility index (Phi) is 4.46. The largest absolute Gasteiger partial charge is 0.243 e. The van der Waals surface area contributed by atoms with Crippen molar-refractivity contribution >= 4 is 26.0 Å². The summed E-state index contributed by atoms with van der Waals surface area (Å²) in [5, 5.41) is 0. The Morgan fingerprint density at radius 3 is 2.62 bits per heavy atom. The van der Waals surface area contributed by atoms with Gasteiger partial charge in [0.2, 0.25) is 10.0 Å². The third kappa shape index (κ3) is 3.54. The predicted molar refractivity (Wildman–Crippen MR) is 64.1 cm³/mol. The summed E-state index contributed by atoms with van der Waals surface area (Å²) >= 11 is 3.11. The van der Waals surface area contributed by atoms with Crippen LogP contribution in [0.1, 0.15) is 13.8 Å². The van der Waals surface area contributed by atoms with Gasteiger partial charge >= 0.3 is 0 Å². The molecule has 0 fully saturated rings. The molecule has 0 saturated carbocycles. The third-order valence-corrected chi connectivity index (χ3v) is 3.80. The molecule has 0 atom stereocenters. The van der Waals surface area contributed by atoms with Crippen LogP contribution in [-0.2, 0) is 10.0 Å². The summed E-state index contributed by atoms with van der Waals surface area (Å²) in [5.41, 5.74) is 0. The topological polar surface area (TPSA) is 46.2 Å². The quantitative estimate of drug-likeness (QED) is 0.929. The first-order chi connectivity index (χ1) is 7.33. The van der Waals surface area contributed by atoms with Crippen LogP contribution in [0.2, 0.25) is 0 Å². The fourth-order valence-electron chi connectivity index (χ4n) is 1.04. The summed E-state index contributed by atoms with van der Waals surface area (Å²) in [6.07, 6.45) is 0. The molecule has 0 heterocycles. The highest BCUT2D eigenvalue weighted by atomic mass is 79.9. The molecule has 1 aromatic rings. The Morgan fingerprint density at radius 2 is 2.06 bits per heavy atom. The van der Waals surface area contributed by atoms with Gasteiger partial charge in [-0.25, -0.2) is 17.5 Å². The van der Waals surface area contributed by atoms with E-state index in [1.807, 2.05) is 13.8 Å². The van der Waals surface area contributed by atoms with Crippen LogP contribution in [0.4, 0.5) is 4.39 Å². The average molecular weight is 310 g/mol. The maximum Gasteiger partial charge on any atom is 0.243 e. The summed E-state index contributed by atoms with van der Waals surface area (Å²) in [4.78, 5) is -0.331. The molecule has 0 aliphatic carbocycles. The van der Waals surface area contributed by atoms with E-state index in [9.17, 15) is 12.8 Å². The normalized spacial score (nSPS) is 12.1. The Balaban J connectivity index is 3.02. The molecular formula is C10H13BrFNO2S. The van der Waals surface area contributed by atoms with Gasteiger partial charge in [-0.1, -0.05) is 29.8 Å². The average Bonchev–Trinajstić information content (AvgIpc) is 2.19. The van der Waals surface area contributed by atoms with Crippen LogP contribution in [0, 0.1) is 11.7 Å². The Hall–Kier alpha value is -0.460. The van der Waals surface area contributed by atoms with Crippen LogP contribution in [0.5, 0.6) is 0 Å². The first kappa shape index (κ1) is 13.6. The Morgan fingerprint density at radius 1 is 1.44 bits per heavy atom. The van der Waals surface area contributed by atoms with Gasteiger partial charge in [-0.05, 0) is 24.1 Å². The summed E-state index contributed by atoms with van der Waals surface area (Å²) in [6.45, 7) is 4.04. The minimum Gasteiger partial charge on any atom is -0.211 e. The maximum atomic E-state index is 13.3. The minimum atomic E-state index is -3.76. The highest BCUT2D eigenvalue weighted by Crippen LogP contribution is 2.19. The van der Waals surface area contributed by atoms with Crippen molar-refractivity contribution in [1.29, 1.82) is 0 Å². The summed E-state index contributed by atoms with van der Waals surface area (Å²) in [6, 6.07) is 3.82. The van der Waals surface area contributed by atoms with Gasteiger partial charge in [0, 0.05) is 11.0 Å². The zero-order valence-corrected chi connectivity index (χ0v) is 11.4. The van der Waals surface area contributed by atoms with E-state index < -0.39 is 15.8 Å².